The Morgan fingerprint density at radius 1 is 1.04 bits per heavy atom. The number of hydrogen-bond donors (Lipinski definition) is 2. The van der Waals surface area contributed by atoms with Crippen molar-refractivity contribution in [2.45, 2.75) is 26.8 Å². The van der Waals surface area contributed by atoms with Crippen molar-refractivity contribution in [3.63, 3.8) is 0 Å². The molecule has 2 N–H and O–H groups in total. The highest BCUT2D eigenvalue weighted by atomic mass is 35.5. The molecule has 1 heterocycles. The molecule has 3 rings (SSSR count). The fourth-order valence-electron chi connectivity index (χ4n) is 3.20. The van der Waals surface area contributed by atoms with Crippen LogP contribution in [0.2, 0.25) is 10.0 Å². The van der Waals surface area contributed by atoms with Crippen molar-refractivity contribution in [2.24, 2.45) is 5.41 Å². The minimum atomic E-state index is -0.930. The number of nitrogens with zero attached hydrogens (tertiary/aromatic N) is 1. The van der Waals surface area contributed by atoms with Crippen molar-refractivity contribution in [1.29, 1.82) is 0 Å². The third-order valence-corrected chi connectivity index (χ3v) is 4.88. The molecular formula is C21H19Cl2NO4. The molecule has 1 aliphatic heterocycles. The first-order valence-corrected chi connectivity index (χ1v) is 9.33. The van der Waals surface area contributed by atoms with Gasteiger partial charge in [0.25, 0.3) is 5.91 Å². The van der Waals surface area contributed by atoms with Crippen LogP contribution in [0.5, 0.6) is 5.75 Å². The number of aromatic hydroxyl groups is 1. The molecule has 2 aromatic carbocycles. The van der Waals surface area contributed by atoms with Crippen molar-refractivity contribution in [2.75, 3.05) is 4.90 Å². The maximum absolute atomic E-state index is 13.1. The van der Waals surface area contributed by atoms with Crippen molar-refractivity contribution in [1.82, 2.24) is 0 Å². The molecule has 0 saturated heterocycles. The summed E-state index contributed by atoms with van der Waals surface area (Å²) >= 11 is 12.2. The average molecular weight is 420 g/mol. The molecule has 0 bridgehead atoms. The first-order valence-electron chi connectivity index (χ1n) is 8.57. The molecule has 0 aliphatic carbocycles. The number of phenolic OH excluding ortho intramolecular Hbond substituents is 1. The number of ketones is 1. The molecule has 2 aromatic rings. The van der Waals surface area contributed by atoms with Gasteiger partial charge in [-0.1, -0.05) is 56.1 Å². The lowest BCUT2D eigenvalue weighted by Crippen LogP contribution is -2.32. The Balaban J connectivity index is 2.25. The monoisotopic (exact) mass is 419 g/mol. The minimum Gasteiger partial charge on any atom is -0.508 e. The number of amides is 1. The maximum atomic E-state index is 13.1. The number of aliphatic hydroxyl groups is 1. The molecule has 146 valence electrons. The standard InChI is InChI=1S/C21H19Cl2NO4/c1-21(2,3)19(27)16-17(11-5-4-6-15(25)7-11)24(20(28)18(16)26)14-9-12(22)8-13(23)10-14/h4-10,17,25-26H,1-3H3. The number of benzene rings is 2. The van der Waals surface area contributed by atoms with Gasteiger partial charge in [-0.3, -0.25) is 14.5 Å². The highest BCUT2D eigenvalue weighted by Crippen LogP contribution is 2.44. The van der Waals surface area contributed by atoms with E-state index in [9.17, 15) is 19.8 Å². The highest BCUT2D eigenvalue weighted by molar-refractivity contribution is 6.35. The smallest absolute Gasteiger partial charge is 0.294 e. The Morgan fingerprint density at radius 2 is 1.64 bits per heavy atom. The molecule has 0 saturated carbocycles. The molecule has 1 aliphatic rings. The zero-order valence-electron chi connectivity index (χ0n) is 15.5. The minimum absolute atomic E-state index is 0.0250. The number of aliphatic hydroxyl groups excluding tert-OH is 1. The van der Waals surface area contributed by atoms with Gasteiger partial charge < -0.3 is 10.2 Å². The van der Waals surface area contributed by atoms with Crippen LogP contribution in [0.4, 0.5) is 5.69 Å². The predicted molar refractivity (Wildman–Crippen MR) is 109 cm³/mol. The summed E-state index contributed by atoms with van der Waals surface area (Å²) in [6.45, 7) is 5.12. The van der Waals surface area contributed by atoms with Crippen LogP contribution < -0.4 is 4.90 Å². The number of Topliss-reactive ketones (excluding diaryl/α,β-unsaturated/α-hetero) is 1. The second-order valence-corrected chi connectivity index (χ2v) is 8.51. The number of phenols is 1. The first kappa shape index (κ1) is 20.2. The van der Waals surface area contributed by atoms with Gasteiger partial charge in [0, 0.05) is 21.1 Å². The summed E-state index contributed by atoms with van der Waals surface area (Å²) in [6, 6.07) is 9.85. The van der Waals surface area contributed by atoms with Crippen molar-refractivity contribution >= 4 is 40.6 Å². The van der Waals surface area contributed by atoms with Crippen LogP contribution in [0.15, 0.2) is 53.8 Å². The summed E-state index contributed by atoms with van der Waals surface area (Å²) < 4.78 is 0. The van der Waals surface area contributed by atoms with Crippen LogP contribution in [-0.2, 0) is 9.59 Å². The fourth-order valence-corrected chi connectivity index (χ4v) is 3.71. The summed E-state index contributed by atoms with van der Waals surface area (Å²) in [5.41, 5.74) is -0.0555. The van der Waals surface area contributed by atoms with E-state index in [2.05, 4.69) is 0 Å². The largest absolute Gasteiger partial charge is 0.508 e. The number of carbonyl (C=O) groups is 2. The van der Waals surface area contributed by atoms with E-state index in [0.29, 0.717) is 21.3 Å². The Bertz CT molecular complexity index is 987. The Morgan fingerprint density at radius 3 is 2.18 bits per heavy atom. The quantitative estimate of drug-likeness (QED) is 0.714. The summed E-state index contributed by atoms with van der Waals surface area (Å²) in [6.07, 6.45) is 0. The average Bonchev–Trinajstić information content (AvgIpc) is 2.84. The maximum Gasteiger partial charge on any atom is 0.294 e. The van der Waals surface area contributed by atoms with Crippen LogP contribution in [0.3, 0.4) is 0 Å². The lowest BCUT2D eigenvalue weighted by atomic mass is 9.82. The summed E-state index contributed by atoms with van der Waals surface area (Å²) in [7, 11) is 0. The number of rotatable bonds is 3. The highest BCUT2D eigenvalue weighted by Gasteiger charge is 2.46. The van der Waals surface area contributed by atoms with Crippen molar-refractivity contribution in [3.05, 3.63) is 69.4 Å². The van der Waals surface area contributed by atoms with Gasteiger partial charge in [0.2, 0.25) is 0 Å². The van der Waals surface area contributed by atoms with E-state index in [0.717, 1.165) is 0 Å². The van der Waals surface area contributed by atoms with Crippen LogP contribution in [0, 0.1) is 5.41 Å². The van der Waals surface area contributed by atoms with E-state index in [-0.39, 0.29) is 17.1 Å². The van der Waals surface area contributed by atoms with E-state index >= 15 is 0 Å². The molecular weight excluding hydrogens is 401 g/mol. The van der Waals surface area contributed by atoms with Crippen molar-refractivity contribution < 1.29 is 19.8 Å². The predicted octanol–water partition coefficient (Wildman–Crippen LogP) is 5.21. The molecule has 1 unspecified atom stereocenters. The number of anilines is 1. The van der Waals surface area contributed by atoms with E-state index in [1.807, 2.05) is 0 Å². The van der Waals surface area contributed by atoms with E-state index in [4.69, 9.17) is 23.2 Å². The van der Waals surface area contributed by atoms with Gasteiger partial charge in [-0.2, -0.15) is 0 Å². The topological polar surface area (TPSA) is 77.8 Å². The van der Waals surface area contributed by atoms with Gasteiger partial charge in [0.1, 0.15) is 5.75 Å². The van der Waals surface area contributed by atoms with Gasteiger partial charge in [-0.15, -0.1) is 0 Å². The van der Waals surface area contributed by atoms with Crippen LogP contribution in [0.25, 0.3) is 0 Å². The SMILES string of the molecule is CC(C)(C)C(=O)C1=C(O)C(=O)N(c2cc(Cl)cc(Cl)c2)C1c1cccc(O)c1. The van der Waals surface area contributed by atoms with Gasteiger partial charge in [0.15, 0.2) is 11.5 Å². The molecule has 0 radical (unpaired) electrons. The lowest BCUT2D eigenvalue weighted by Gasteiger charge is -2.29. The van der Waals surface area contributed by atoms with Gasteiger partial charge in [-0.05, 0) is 35.9 Å². The van der Waals surface area contributed by atoms with Crippen LogP contribution in [0.1, 0.15) is 32.4 Å². The summed E-state index contributed by atoms with van der Waals surface area (Å²) in [5, 5.41) is 21.1. The Hall–Kier alpha value is -2.50. The van der Waals surface area contributed by atoms with E-state index in [1.54, 1.807) is 32.9 Å². The van der Waals surface area contributed by atoms with Crippen LogP contribution >= 0.6 is 23.2 Å². The Kier molecular flexibility index (Phi) is 5.17. The number of hydrogen-bond acceptors (Lipinski definition) is 4. The molecule has 0 aromatic heterocycles. The summed E-state index contributed by atoms with van der Waals surface area (Å²) in [4.78, 5) is 27.3. The van der Waals surface area contributed by atoms with Gasteiger partial charge >= 0.3 is 0 Å². The molecule has 1 amide bonds. The van der Waals surface area contributed by atoms with E-state index < -0.39 is 23.1 Å². The Labute approximate surface area is 172 Å². The molecule has 0 spiro atoms. The second kappa shape index (κ2) is 7.15. The van der Waals surface area contributed by atoms with E-state index in [1.165, 1.54) is 35.2 Å². The zero-order chi connectivity index (χ0) is 20.8. The molecule has 1 atom stereocenters. The second-order valence-electron chi connectivity index (χ2n) is 7.64. The summed E-state index contributed by atoms with van der Waals surface area (Å²) in [5.74, 6) is -1.76. The molecule has 5 nitrogen and oxygen atoms in total. The lowest BCUT2D eigenvalue weighted by molar-refractivity contribution is -0.123. The third kappa shape index (κ3) is 3.60. The van der Waals surface area contributed by atoms with Crippen LogP contribution in [-0.4, -0.2) is 21.9 Å². The molecule has 7 heteroatoms. The molecule has 28 heavy (non-hydrogen) atoms. The zero-order valence-corrected chi connectivity index (χ0v) is 17.0. The molecule has 0 fully saturated rings. The first-order chi connectivity index (χ1) is 13.0. The number of halogens is 2. The van der Waals surface area contributed by atoms with Gasteiger partial charge in [0.05, 0.1) is 11.6 Å². The van der Waals surface area contributed by atoms with Gasteiger partial charge in [-0.25, -0.2) is 0 Å². The number of carbonyl (C=O) groups excluding carboxylic acids is 2. The van der Waals surface area contributed by atoms with Crippen molar-refractivity contribution in [3.8, 4) is 5.75 Å². The normalized spacial score (nSPS) is 17.4. The fraction of sp³-hybridized carbons (Fsp3) is 0.238. The third-order valence-electron chi connectivity index (χ3n) is 4.45.